The minimum absolute atomic E-state index is 0.153. The Morgan fingerprint density at radius 1 is 1.19 bits per heavy atom. The highest BCUT2D eigenvalue weighted by Crippen LogP contribution is 2.13. The second-order valence-corrected chi connectivity index (χ2v) is 3.24. The van der Waals surface area contributed by atoms with Gasteiger partial charge in [0.15, 0.2) is 5.65 Å². The van der Waals surface area contributed by atoms with E-state index in [1.54, 1.807) is 24.7 Å². The molecule has 0 bridgehead atoms. The summed E-state index contributed by atoms with van der Waals surface area (Å²) in [4.78, 5) is 23.7. The fourth-order valence-corrected chi connectivity index (χ4v) is 1.49. The fraction of sp³-hybridized carbons (Fsp3) is 0. The lowest BCUT2D eigenvalue weighted by Gasteiger charge is -1.93. The van der Waals surface area contributed by atoms with Crippen molar-refractivity contribution < 1.29 is 0 Å². The molecule has 3 aromatic rings. The van der Waals surface area contributed by atoms with Crippen molar-refractivity contribution in [3.8, 4) is 11.4 Å². The van der Waals surface area contributed by atoms with Crippen LogP contribution in [-0.2, 0) is 0 Å². The lowest BCUT2D eigenvalue weighted by atomic mass is 10.3. The van der Waals surface area contributed by atoms with E-state index in [2.05, 4.69) is 20.1 Å². The molecule has 0 saturated heterocycles. The predicted octanol–water partition coefficient (Wildman–Crippen LogP) is 0.480. The number of rotatable bonds is 1. The van der Waals surface area contributed by atoms with Crippen molar-refractivity contribution in [2.24, 2.45) is 0 Å². The third-order valence-electron chi connectivity index (χ3n) is 2.22. The monoisotopic (exact) mass is 213 g/mol. The smallest absolute Gasteiger partial charge is 0.272 e. The number of H-pyrrole nitrogens is 1. The SMILES string of the molecule is O=c1ccnc2cc(-c3cnccn3)[nH]n12. The maximum atomic E-state index is 11.5. The van der Waals surface area contributed by atoms with Crippen LogP contribution in [0.5, 0.6) is 0 Å². The third-order valence-corrected chi connectivity index (χ3v) is 2.22. The number of nitrogens with zero attached hydrogens (tertiary/aromatic N) is 4. The molecule has 6 nitrogen and oxygen atoms in total. The van der Waals surface area contributed by atoms with Crippen LogP contribution in [0.1, 0.15) is 0 Å². The summed E-state index contributed by atoms with van der Waals surface area (Å²) in [5.41, 5.74) is 1.80. The minimum atomic E-state index is -0.153. The summed E-state index contributed by atoms with van der Waals surface area (Å²) in [6.07, 6.45) is 6.29. The van der Waals surface area contributed by atoms with E-state index in [0.717, 1.165) is 0 Å². The van der Waals surface area contributed by atoms with Gasteiger partial charge in [0.2, 0.25) is 0 Å². The van der Waals surface area contributed by atoms with E-state index in [1.807, 2.05) is 0 Å². The second kappa shape index (κ2) is 3.27. The first-order valence-electron chi connectivity index (χ1n) is 4.68. The van der Waals surface area contributed by atoms with Gasteiger partial charge >= 0.3 is 0 Å². The van der Waals surface area contributed by atoms with Gasteiger partial charge in [0, 0.05) is 30.7 Å². The zero-order valence-corrected chi connectivity index (χ0v) is 8.16. The molecule has 3 aromatic heterocycles. The molecule has 0 radical (unpaired) electrons. The number of fused-ring (bicyclic) bond motifs is 1. The molecular weight excluding hydrogens is 206 g/mol. The van der Waals surface area contributed by atoms with Crippen LogP contribution in [-0.4, -0.2) is 24.6 Å². The summed E-state index contributed by atoms with van der Waals surface area (Å²) in [5, 5.41) is 2.92. The Bertz CT molecular complexity index is 685. The average Bonchev–Trinajstić information content (AvgIpc) is 2.76. The van der Waals surface area contributed by atoms with E-state index >= 15 is 0 Å². The van der Waals surface area contributed by atoms with Crippen molar-refractivity contribution in [3.05, 3.63) is 47.3 Å². The standard InChI is InChI=1S/C10H7N5O/c16-10-1-2-13-9-5-7(14-15(9)10)8-6-11-3-4-12-8/h1-6,14H. The van der Waals surface area contributed by atoms with E-state index in [-0.39, 0.29) is 5.56 Å². The molecule has 0 unspecified atom stereocenters. The minimum Gasteiger partial charge on any atom is -0.287 e. The molecule has 0 aliphatic carbocycles. The Hall–Kier alpha value is -2.50. The average molecular weight is 213 g/mol. The van der Waals surface area contributed by atoms with Crippen LogP contribution in [0.2, 0.25) is 0 Å². The highest BCUT2D eigenvalue weighted by atomic mass is 16.1. The van der Waals surface area contributed by atoms with Gasteiger partial charge in [-0.1, -0.05) is 0 Å². The largest absolute Gasteiger partial charge is 0.287 e. The lowest BCUT2D eigenvalue weighted by molar-refractivity contribution is 0.900. The quantitative estimate of drug-likeness (QED) is 0.637. The van der Waals surface area contributed by atoms with Gasteiger partial charge in [-0.2, -0.15) is 0 Å². The van der Waals surface area contributed by atoms with Gasteiger partial charge in [-0.05, 0) is 0 Å². The molecule has 0 atom stereocenters. The molecule has 0 aliphatic rings. The molecule has 0 amide bonds. The Morgan fingerprint density at radius 2 is 2.12 bits per heavy atom. The Morgan fingerprint density at radius 3 is 2.88 bits per heavy atom. The number of hydrogen-bond acceptors (Lipinski definition) is 4. The Balaban J connectivity index is 2.28. The predicted molar refractivity (Wildman–Crippen MR) is 56.8 cm³/mol. The van der Waals surface area contributed by atoms with Gasteiger partial charge < -0.3 is 0 Å². The van der Waals surface area contributed by atoms with Crippen molar-refractivity contribution in [2.45, 2.75) is 0 Å². The van der Waals surface area contributed by atoms with Gasteiger partial charge in [-0.3, -0.25) is 19.9 Å². The summed E-state index contributed by atoms with van der Waals surface area (Å²) in [6.45, 7) is 0. The van der Waals surface area contributed by atoms with Gasteiger partial charge in [-0.25, -0.2) is 9.50 Å². The molecule has 1 N–H and O–H groups in total. The van der Waals surface area contributed by atoms with Crippen molar-refractivity contribution >= 4 is 5.65 Å². The van der Waals surface area contributed by atoms with Crippen LogP contribution in [0, 0.1) is 0 Å². The number of hydrogen-bond donors (Lipinski definition) is 1. The molecular formula is C10H7N5O. The fourth-order valence-electron chi connectivity index (χ4n) is 1.49. The van der Waals surface area contributed by atoms with Crippen LogP contribution in [0.25, 0.3) is 17.0 Å². The van der Waals surface area contributed by atoms with E-state index in [0.29, 0.717) is 17.0 Å². The van der Waals surface area contributed by atoms with Gasteiger partial charge in [0.25, 0.3) is 5.56 Å². The van der Waals surface area contributed by atoms with Gasteiger partial charge in [0.05, 0.1) is 11.9 Å². The van der Waals surface area contributed by atoms with E-state index in [9.17, 15) is 4.79 Å². The topological polar surface area (TPSA) is 75.9 Å². The summed E-state index contributed by atoms with van der Waals surface area (Å²) in [6, 6.07) is 3.15. The van der Waals surface area contributed by atoms with Gasteiger partial charge in [0.1, 0.15) is 5.69 Å². The zero-order valence-electron chi connectivity index (χ0n) is 8.16. The third kappa shape index (κ3) is 1.28. The molecule has 0 saturated carbocycles. The normalized spacial score (nSPS) is 10.8. The van der Waals surface area contributed by atoms with E-state index in [4.69, 9.17) is 0 Å². The second-order valence-electron chi connectivity index (χ2n) is 3.24. The molecule has 3 rings (SSSR count). The number of aromatic nitrogens is 5. The number of aromatic amines is 1. The first-order chi connectivity index (χ1) is 7.84. The molecule has 78 valence electrons. The molecule has 0 aliphatic heterocycles. The molecule has 16 heavy (non-hydrogen) atoms. The molecule has 0 spiro atoms. The van der Waals surface area contributed by atoms with Gasteiger partial charge in [-0.15, -0.1) is 0 Å². The Kier molecular flexibility index (Phi) is 1.79. The molecule has 0 fully saturated rings. The first kappa shape index (κ1) is 8.78. The van der Waals surface area contributed by atoms with Crippen molar-refractivity contribution in [3.63, 3.8) is 0 Å². The van der Waals surface area contributed by atoms with E-state index < -0.39 is 0 Å². The maximum Gasteiger partial charge on any atom is 0.272 e. The summed E-state index contributed by atoms with van der Waals surface area (Å²) in [5.74, 6) is 0. The zero-order chi connectivity index (χ0) is 11.0. The van der Waals surface area contributed by atoms with Crippen molar-refractivity contribution in [2.75, 3.05) is 0 Å². The molecule has 6 heteroatoms. The Labute approximate surface area is 89.6 Å². The van der Waals surface area contributed by atoms with Crippen molar-refractivity contribution in [1.82, 2.24) is 24.6 Å². The van der Waals surface area contributed by atoms with Crippen LogP contribution >= 0.6 is 0 Å². The highest BCUT2D eigenvalue weighted by Gasteiger charge is 2.05. The van der Waals surface area contributed by atoms with E-state index in [1.165, 1.54) is 16.8 Å². The van der Waals surface area contributed by atoms with Crippen molar-refractivity contribution in [1.29, 1.82) is 0 Å². The first-order valence-corrected chi connectivity index (χ1v) is 4.68. The summed E-state index contributed by atoms with van der Waals surface area (Å²) >= 11 is 0. The maximum absolute atomic E-state index is 11.5. The van der Waals surface area contributed by atoms with Crippen LogP contribution in [0.4, 0.5) is 0 Å². The molecule has 0 aromatic carbocycles. The highest BCUT2D eigenvalue weighted by molar-refractivity contribution is 5.59. The van der Waals surface area contributed by atoms with Crippen LogP contribution in [0.15, 0.2) is 41.7 Å². The van der Waals surface area contributed by atoms with Crippen LogP contribution < -0.4 is 5.56 Å². The summed E-state index contributed by atoms with van der Waals surface area (Å²) in [7, 11) is 0. The number of nitrogens with one attached hydrogen (secondary N) is 1. The van der Waals surface area contributed by atoms with Crippen LogP contribution in [0.3, 0.4) is 0 Å². The summed E-state index contributed by atoms with van der Waals surface area (Å²) < 4.78 is 1.37. The lowest BCUT2D eigenvalue weighted by Crippen LogP contribution is -2.12. The molecule has 3 heterocycles.